The Morgan fingerprint density at radius 1 is 1.00 bits per heavy atom. The third-order valence-electron chi connectivity index (χ3n) is 6.40. The quantitative estimate of drug-likeness (QED) is 0.264. The van der Waals surface area contributed by atoms with Gasteiger partial charge in [-0.1, -0.05) is 57.9 Å². The van der Waals surface area contributed by atoms with E-state index in [1.807, 2.05) is 52.7 Å². The summed E-state index contributed by atoms with van der Waals surface area (Å²) in [6.45, 7) is 2.96. The third kappa shape index (κ3) is 6.44. The lowest BCUT2D eigenvalue weighted by molar-refractivity contribution is -0.122. The zero-order valence-electron chi connectivity index (χ0n) is 20.1. The molecule has 0 atom stereocenters. The van der Waals surface area contributed by atoms with Crippen molar-refractivity contribution in [1.82, 2.24) is 9.97 Å². The van der Waals surface area contributed by atoms with E-state index in [-0.39, 0.29) is 11.8 Å². The Kier molecular flexibility index (Phi) is 9.08. The Morgan fingerprint density at radius 3 is 2.53 bits per heavy atom. The van der Waals surface area contributed by atoms with Crippen LogP contribution in [-0.4, -0.2) is 22.5 Å². The molecule has 1 aliphatic rings. The topological polar surface area (TPSA) is 55.3 Å². The monoisotopic (exact) mass is 477 g/mol. The molecular formula is C28H35N3O2S. The van der Waals surface area contributed by atoms with E-state index in [1.54, 1.807) is 6.20 Å². The van der Waals surface area contributed by atoms with Crippen molar-refractivity contribution in [3.05, 3.63) is 54.0 Å². The number of unbranched alkanes of at least 4 members (excludes halogenated alkanes) is 4. The number of benzene rings is 1. The van der Waals surface area contributed by atoms with E-state index in [4.69, 9.17) is 9.72 Å². The molecule has 180 valence electrons. The van der Waals surface area contributed by atoms with E-state index >= 15 is 0 Å². The van der Waals surface area contributed by atoms with Crippen LogP contribution in [0, 0.1) is 5.92 Å². The Hall–Kier alpha value is -2.73. The smallest absolute Gasteiger partial charge is 0.236 e. The van der Waals surface area contributed by atoms with E-state index in [2.05, 4.69) is 11.9 Å². The van der Waals surface area contributed by atoms with Crippen LogP contribution in [0.15, 0.2) is 54.0 Å². The van der Waals surface area contributed by atoms with Crippen LogP contribution < -0.4 is 9.64 Å². The Balaban J connectivity index is 1.50. The molecule has 3 aromatic rings. The number of rotatable bonds is 11. The summed E-state index contributed by atoms with van der Waals surface area (Å²) in [5.74, 6) is 1.04. The van der Waals surface area contributed by atoms with Gasteiger partial charge in [0.25, 0.3) is 0 Å². The van der Waals surface area contributed by atoms with E-state index in [0.29, 0.717) is 5.13 Å². The lowest BCUT2D eigenvalue weighted by atomic mass is 9.88. The molecule has 1 aliphatic carbocycles. The van der Waals surface area contributed by atoms with Crippen molar-refractivity contribution in [3.8, 4) is 17.1 Å². The van der Waals surface area contributed by atoms with Gasteiger partial charge in [-0.3, -0.25) is 14.7 Å². The number of carbonyl (C=O) groups is 1. The highest BCUT2D eigenvalue weighted by Gasteiger charge is 2.30. The summed E-state index contributed by atoms with van der Waals surface area (Å²) < 4.78 is 5.94. The number of amides is 1. The Labute approximate surface area is 207 Å². The number of aromatic nitrogens is 2. The van der Waals surface area contributed by atoms with Gasteiger partial charge in [-0.05, 0) is 55.7 Å². The van der Waals surface area contributed by atoms with Crippen LogP contribution in [0.4, 0.5) is 10.8 Å². The van der Waals surface area contributed by atoms with Gasteiger partial charge in [-0.15, -0.1) is 11.3 Å². The van der Waals surface area contributed by atoms with E-state index in [9.17, 15) is 4.79 Å². The third-order valence-corrected chi connectivity index (χ3v) is 7.22. The molecule has 0 bridgehead atoms. The van der Waals surface area contributed by atoms with Crippen LogP contribution >= 0.6 is 11.3 Å². The number of pyridine rings is 1. The minimum atomic E-state index is 0.0509. The summed E-state index contributed by atoms with van der Waals surface area (Å²) in [4.78, 5) is 24.7. The van der Waals surface area contributed by atoms with Crippen molar-refractivity contribution < 1.29 is 9.53 Å². The van der Waals surface area contributed by atoms with Gasteiger partial charge in [0.05, 0.1) is 18.0 Å². The predicted molar refractivity (Wildman–Crippen MR) is 140 cm³/mol. The van der Waals surface area contributed by atoms with Crippen LogP contribution in [0.25, 0.3) is 11.4 Å². The summed E-state index contributed by atoms with van der Waals surface area (Å²) in [6.07, 6.45) is 13.2. The van der Waals surface area contributed by atoms with Crippen LogP contribution in [0.5, 0.6) is 5.75 Å². The maximum atomic E-state index is 13.7. The Bertz CT molecular complexity index is 1010. The molecule has 2 aromatic heterocycles. The molecule has 1 aromatic carbocycles. The minimum Gasteiger partial charge on any atom is -0.494 e. The fourth-order valence-corrected chi connectivity index (χ4v) is 5.29. The average Bonchev–Trinajstić information content (AvgIpc) is 3.38. The molecule has 0 saturated heterocycles. The number of anilines is 2. The van der Waals surface area contributed by atoms with Gasteiger partial charge in [0.1, 0.15) is 11.4 Å². The first-order valence-electron chi connectivity index (χ1n) is 12.7. The number of hydrogen-bond acceptors (Lipinski definition) is 5. The highest BCUT2D eigenvalue weighted by Crippen LogP contribution is 2.36. The number of hydrogen-bond donors (Lipinski definition) is 0. The van der Waals surface area contributed by atoms with E-state index < -0.39 is 0 Å². The molecule has 0 radical (unpaired) electrons. The van der Waals surface area contributed by atoms with Gasteiger partial charge < -0.3 is 4.74 Å². The second kappa shape index (κ2) is 12.7. The van der Waals surface area contributed by atoms with Gasteiger partial charge in [0.15, 0.2) is 5.13 Å². The van der Waals surface area contributed by atoms with Crippen LogP contribution in [0.3, 0.4) is 0 Å². The molecule has 0 unspecified atom stereocenters. The first-order chi connectivity index (χ1) is 16.8. The van der Waals surface area contributed by atoms with Gasteiger partial charge in [-0.2, -0.15) is 0 Å². The molecule has 2 heterocycles. The Morgan fingerprint density at radius 2 is 1.79 bits per heavy atom. The summed E-state index contributed by atoms with van der Waals surface area (Å²) in [5.41, 5.74) is 2.45. The predicted octanol–water partition coefficient (Wildman–Crippen LogP) is 7.80. The van der Waals surface area contributed by atoms with Crippen molar-refractivity contribution in [3.63, 3.8) is 0 Å². The van der Waals surface area contributed by atoms with Crippen molar-refractivity contribution in [2.45, 2.75) is 71.1 Å². The lowest BCUT2D eigenvalue weighted by Gasteiger charge is -2.27. The molecule has 0 spiro atoms. The highest BCUT2D eigenvalue weighted by molar-refractivity contribution is 7.14. The van der Waals surface area contributed by atoms with Gasteiger partial charge >= 0.3 is 0 Å². The molecule has 1 saturated carbocycles. The van der Waals surface area contributed by atoms with Crippen molar-refractivity contribution in [1.29, 1.82) is 0 Å². The summed E-state index contributed by atoms with van der Waals surface area (Å²) in [6, 6.07) is 13.7. The normalized spacial score (nSPS) is 14.1. The molecule has 5 nitrogen and oxygen atoms in total. The molecule has 0 N–H and O–H groups in total. The van der Waals surface area contributed by atoms with Gasteiger partial charge in [0.2, 0.25) is 5.91 Å². The second-order valence-electron chi connectivity index (χ2n) is 9.00. The maximum absolute atomic E-state index is 13.7. The standard InChI is InChI=1S/C28H35N3O2S/c1-2-3-4-5-11-20-33-24-17-15-23(16-18-24)31(27(32)22-12-7-6-8-13-22)28-30-26(21-34-28)25-14-9-10-19-29-25/h9-10,14-19,21-22H,2-8,11-13,20H2,1H3. The first-order valence-corrected chi connectivity index (χ1v) is 13.6. The summed E-state index contributed by atoms with van der Waals surface area (Å²) in [7, 11) is 0. The van der Waals surface area contributed by atoms with Gasteiger partial charge in [-0.25, -0.2) is 4.98 Å². The fraction of sp³-hybridized carbons (Fsp3) is 0.464. The number of carbonyl (C=O) groups excluding carboxylic acids is 1. The van der Waals surface area contributed by atoms with E-state index in [0.717, 1.165) is 61.5 Å². The summed E-state index contributed by atoms with van der Waals surface area (Å²) in [5, 5.41) is 2.68. The van der Waals surface area contributed by atoms with Crippen molar-refractivity contribution >= 4 is 28.1 Å². The van der Waals surface area contributed by atoms with Gasteiger partial charge in [0, 0.05) is 17.5 Å². The number of nitrogens with zero attached hydrogens (tertiary/aromatic N) is 3. The van der Waals surface area contributed by atoms with Crippen LogP contribution in [-0.2, 0) is 4.79 Å². The number of ether oxygens (including phenoxy) is 1. The molecule has 34 heavy (non-hydrogen) atoms. The largest absolute Gasteiger partial charge is 0.494 e. The fourth-order valence-electron chi connectivity index (χ4n) is 4.45. The molecule has 4 rings (SSSR count). The zero-order chi connectivity index (χ0) is 23.6. The van der Waals surface area contributed by atoms with Crippen molar-refractivity contribution in [2.75, 3.05) is 11.5 Å². The molecule has 1 fully saturated rings. The second-order valence-corrected chi connectivity index (χ2v) is 9.83. The van der Waals surface area contributed by atoms with Crippen molar-refractivity contribution in [2.24, 2.45) is 5.92 Å². The lowest BCUT2D eigenvalue weighted by Crippen LogP contribution is -2.33. The minimum absolute atomic E-state index is 0.0509. The van der Waals surface area contributed by atoms with Crippen LogP contribution in [0.2, 0.25) is 0 Å². The molecule has 0 aliphatic heterocycles. The van der Waals surface area contributed by atoms with Crippen LogP contribution in [0.1, 0.15) is 71.1 Å². The SMILES string of the molecule is CCCCCCCOc1ccc(N(C(=O)C2CCCCC2)c2nc(-c3ccccn3)cs2)cc1. The molecular weight excluding hydrogens is 442 g/mol. The average molecular weight is 478 g/mol. The van der Waals surface area contributed by atoms with E-state index in [1.165, 1.54) is 43.4 Å². The molecule has 6 heteroatoms. The highest BCUT2D eigenvalue weighted by atomic mass is 32.1. The maximum Gasteiger partial charge on any atom is 0.236 e. The summed E-state index contributed by atoms with van der Waals surface area (Å²) >= 11 is 1.49. The molecule has 1 amide bonds. The number of thiazole rings is 1. The first kappa shape index (κ1) is 24.4. The zero-order valence-corrected chi connectivity index (χ0v) is 20.9.